The van der Waals surface area contributed by atoms with Crippen LogP contribution in [-0.4, -0.2) is 48.9 Å². The van der Waals surface area contributed by atoms with Crippen LogP contribution in [0.3, 0.4) is 0 Å². The van der Waals surface area contributed by atoms with E-state index < -0.39 is 0 Å². The molecule has 5 nitrogen and oxygen atoms in total. The number of amides is 1. The number of benzene rings is 1. The van der Waals surface area contributed by atoms with Gasteiger partial charge in [0, 0.05) is 32.7 Å². The number of likely N-dealkylation sites (N-methyl/N-ethyl adjacent to an activating group) is 1. The normalized spacial score (nSPS) is 17.4. The number of nitrogens with two attached hydrogens (primary N) is 1. The third-order valence-corrected chi connectivity index (χ3v) is 3.55. The van der Waals surface area contributed by atoms with Gasteiger partial charge in [-0.2, -0.15) is 0 Å². The zero-order chi connectivity index (χ0) is 13.7. The number of rotatable bonds is 4. The molecule has 1 aliphatic rings. The summed E-state index contributed by atoms with van der Waals surface area (Å²) in [6, 6.07) is 8.19. The SMILES string of the molecule is CN1CCN(Cc2ccc(CC(=O)NN)cc2)CC1. The van der Waals surface area contributed by atoms with Crippen molar-refractivity contribution in [2.24, 2.45) is 5.84 Å². The van der Waals surface area contributed by atoms with E-state index in [2.05, 4.69) is 34.4 Å². The molecule has 1 aromatic rings. The number of hydrazine groups is 1. The molecule has 0 radical (unpaired) electrons. The Morgan fingerprint density at radius 3 is 2.32 bits per heavy atom. The van der Waals surface area contributed by atoms with Crippen molar-refractivity contribution in [3.8, 4) is 0 Å². The fraction of sp³-hybridized carbons (Fsp3) is 0.500. The van der Waals surface area contributed by atoms with E-state index in [0.717, 1.165) is 38.3 Å². The van der Waals surface area contributed by atoms with E-state index in [1.807, 2.05) is 12.1 Å². The van der Waals surface area contributed by atoms with Gasteiger partial charge in [0.1, 0.15) is 0 Å². The number of carbonyl (C=O) groups excluding carboxylic acids is 1. The van der Waals surface area contributed by atoms with Gasteiger partial charge in [-0.05, 0) is 18.2 Å². The van der Waals surface area contributed by atoms with Gasteiger partial charge in [0.2, 0.25) is 5.91 Å². The van der Waals surface area contributed by atoms with E-state index in [0.29, 0.717) is 6.42 Å². The molecule has 0 bridgehead atoms. The van der Waals surface area contributed by atoms with E-state index in [-0.39, 0.29) is 5.91 Å². The topological polar surface area (TPSA) is 61.6 Å². The van der Waals surface area contributed by atoms with Crippen molar-refractivity contribution >= 4 is 5.91 Å². The first-order valence-corrected chi connectivity index (χ1v) is 6.65. The van der Waals surface area contributed by atoms with Gasteiger partial charge in [-0.25, -0.2) is 5.84 Å². The number of hydrogen-bond donors (Lipinski definition) is 2. The summed E-state index contributed by atoms with van der Waals surface area (Å²) in [6.07, 6.45) is 0.339. The molecule has 0 saturated carbocycles. The minimum atomic E-state index is -0.160. The molecular weight excluding hydrogens is 240 g/mol. The van der Waals surface area contributed by atoms with E-state index in [1.165, 1.54) is 5.56 Å². The Bertz CT molecular complexity index is 410. The molecule has 3 N–H and O–H groups in total. The Balaban J connectivity index is 1.86. The molecular formula is C14H22N4O. The summed E-state index contributed by atoms with van der Waals surface area (Å²) >= 11 is 0. The van der Waals surface area contributed by atoms with E-state index in [4.69, 9.17) is 5.84 Å². The molecule has 0 spiro atoms. The average molecular weight is 262 g/mol. The number of piperazine rings is 1. The average Bonchev–Trinajstić information content (AvgIpc) is 2.43. The maximum absolute atomic E-state index is 11.2. The highest BCUT2D eigenvalue weighted by atomic mass is 16.2. The summed E-state index contributed by atoms with van der Waals surface area (Å²) in [5, 5.41) is 0. The lowest BCUT2D eigenvalue weighted by atomic mass is 10.1. The molecule has 1 saturated heterocycles. The lowest BCUT2D eigenvalue weighted by Gasteiger charge is -2.32. The standard InChI is InChI=1S/C14H22N4O/c1-17-6-8-18(9-7-17)11-13-4-2-12(3-5-13)10-14(19)16-15/h2-5H,6-11,15H2,1H3,(H,16,19). The molecule has 0 aliphatic carbocycles. The predicted octanol–water partition coefficient (Wildman–Crippen LogP) is -0.0336. The number of nitrogens with zero attached hydrogens (tertiary/aromatic N) is 2. The second kappa shape index (κ2) is 6.65. The maximum Gasteiger partial charge on any atom is 0.238 e. The van der Waals surface area contributed by atoms with Crippen LogP contribution < -0.4 is 11.3 Å². The number of hydrogen-bond acceptors (Lipinski definition) is 4. The van der Waals surface area contributed by atoms with Crippen molar-refractivity contribution in [2.45, 2.75) is 13.0 Å². The van der Waals surface area contributed by atoms with Crippen LogP contribution in [-0.2, 0) is 17.8 Å². The van der Waals surface area contributed by atoms with Crippen molar-refractivity contribution in [1.29, 1.82) is 0 Å². The highest BCUT2D eigenvalue weighted by molar-refractivity contribution is 5.77. The third kappa shape index (κ3) is 4.31. The smallest absolute Gasteiger partial charge is 0.238 e. The van der Waals surface area contributed by atoms with Gasteiger partial charge in [0.05, 0.1) is 6.42 Å². The fourth-order valence-electron chi connectivity index (χ4n) is 2.26. The van der Waals surface area contributed by atoms with Gasteiger partial charge in [-0.1, -0.05) is 24.3 Å². The van der Waals surface area contributed by atoms with Gasteiger partial charge in [-0.3, -0.25) is 15.1 Å². The first-order chi connectivity index (χ1) is 9.17. The molecule has 1 fully saturated rings. The van der Waals surface area contributed by atoms with Crippen LogP contribution in [0, 0.1) is 0 Å². The van der Waals surface area contributed by atoms with Crippen molar-refractivity contribution in [1.82, 2.24) is 15.2 Å². The number of carbonyl (C=O) groups is 1. The highest BCUT2D eigenvalue weighted by Gasteiger charge is 2.13. The maximum atomic E-state index is 11.2. The molecule has 0 unspecified atom stereocenters. The monoisotopic (exact) mass is 262 g/mol. The van der Waals surface area contributed by atoms with Crippen LogP contribution in [0.1, 0.15) is 11.1 Å². The number of nitrogens with one attached hydrogen (secondary N) is 1. The van der Waals surface area contributed by atoms with E-state index in [1.54, 1.807) is 0 Å². The molecule has 1 aliphatic heterocycles. The van der Waals surface area contributed by atoms with Gasteiger partial charge < -0.3 is 4.90 Å². The van der Waals surface area contributed by atoms with Crippen molar-refractivity contribution in [3.05, 3.63) is 35.4 Å². The van der Waals surface area contributed by atoms with Crippen molar-refractivity contribution < 1.29 is 4.79 Å². The Hall–Kier alpha value is -1.43. The Morgan fingerprint density at radius 2 is 1.74 bits per heavy atom. The zero-order valence-electron chi connectivity index (χ0n) is 11.4. The molecule has 104 valence electrons. The second-order valence-electron chi connectivity index (χ2n) is 5.14. The van der Waals surface area contributed by atoms with Crippen LogP contribution in [0.4, 0.5) is 0 Å². The largest absolute Gasteiger partial charge is 0.304 e. The van der Waals surface area contributed by atoms with Crippen LogP contribution in [0.5, 0.6) is 0 Å². The minimum absolute atomic E-state index is 0.160. The molecule has 1 amide bonds. The molecule has 0 aromatic heterocycles. The lowest BCUT2D eigenvalue weighted by Crippen LogP contribution is -2.43. The highest BCUT2D eigenvalue weighted by Crippen LogP contribution is 2.10. The van der Waals surface area contributed by atoms with Crippen molar-refractivity contribution in [2.75, 3.05) is 33.2 Å². The fourth-order valence-corrected chi connectivity index (χ4v) is 2.26. The summed E-state index contributed by atoms with van der Waals surface area (Å²) in [6.45, 7) is 5.49. The third-order valence-electron chi connectivity index (χ3n) is 3.55. The summed E-state index contributed by atoms with van der Waals surface area (Å²) in [7, 11) is 2.16. The van der Waals surface area contributed by atoms with Crippen LogP contribution >= 0.6 is 0 Å². The summed E-state index contributed by atoms with van der Waals surface area (Å²) in [5.74, 6) is 4.91. The summed E-state index contributed by atoms with van der Waals surface area (Å²) in [4.78, 5) is 16.0. The molecule has 2 rings (SSSR count). The molecule has 19 heavy (non-hydrogen) atoms. The first-order valence-electron chi connectivity index (χ1n) is 6.65. The Kier molecular flexibility index (Phi) is 4.90. The Labute approximate surface area is 114 Å². The zero-order valence-corrected chi connectivity index (χ0v) is 11.4. The Morgan fingerprint density at radius 1 is 1.16 bits per heavy atom. The molecule has 5 heteroatoms. The van der Waals surface area contributed by atoms with Crippen molar-refractivity contribution in [3.63, 3.8) is 0 Å². The van der Waals surface area contributed by atoms with E-state index in [9.17, 15) is 4.79 Å². The lowest BCUT2D eigenvalue weighted by molar-refractivity contribution is -0.120. The molecule has 1 heterocycles. The predicted molar refractivity (Wildman–Crippen MR) is 75.3 cm³/mol. The van der Waals surface area contributed by atoms with Crippen LogP contribution in [0.25, 0.3) is 0 Å². The summed E-state index contributed by atoms with van der Waals surface area (Å²) < 4.78 is 0. The van der Waals surface area contributed by atoms with Crippen LogP contribution in [0.15, 0.2) is 24.3 Å². The van der Waals surface area contributed by atoms with Gasteiger partial charge in [0.15, 0.2) is 0 Å². The van der Waals surface area contributed by atoms with Gasteiger partial charge in [-0.15, -0.1) is 0 Å². The minimum Gasteiger partial charge on any atom is -0.304 e. The van der Waals surface area contributed by atoms with E-state index >= 15 is 0 Å². The van der Waals surface area contributed by atoms with Gasteiger partial charge in [0.25, 0.3) is 0 Å². The van der Waals surface area contributed by atoms with Gasteiger partial charge >= 0.3 is 0 Å². The summed E-state index contributed by atoms with van der Waals surface area (Å²) in [5.41, 5.74) is 4.43. The first kappa shape index (κ1) is 14.0. The molecule has 0 atom stereocenters. The van der Waals surface area contributed by atoms with Crippen LogP contribution in [0.2, 0.25) is 0 Å². The quantitative estimate of drug-likeness (QED) is 0.454. The molecule has 1 aromatic carbocycles. The second-order valence-corrected chi connectivity index (χ2v) is 5.14.